The SMILES string of the molecule is COc1cc(C2C(C(C)=O)=C(C)Nc3nnnn32)cc(Br)c1OC. The van der Waals surface area contributed by atoms with E-state index in [1.807, 2.05) is 19.1 Å². The predicted octanol–water partition coefficient (Wildman–Crippen LogP) is 2.33. The third kappa shape index (κ3) is 2.54. The van der Waals surface area contributed by atoms with Gasteiger partial charge in [0.2, 0.25) is 5.95 Å². The van der Waals surface area contributed by atoms with E-state index in [0.717, 1.165) is 11.3 Å². The molecule has 24 heavy (non-hydrogen) atoms. The largest absolute Gasteiger partial charge is 0.493 e. The smallest absolute Gasteiger partial charge is 0.248 e. The summed E-state index contributed by atoms with van der Waals surface area (Å²) in [4.78, 5) is 12.2. The number of methoxy groups -OCH3 is 2. The van der Waals surface area contributed by atoms with Gasteiger partial charge in [0, 0.05) is 11.3 Å². The van der Waals surface area contributed by atoms with E-state index in [9.17, 15) is 4.79 Å². The summed E-state index contributed by atoms with van der Waals surface area (Å²) in [6, 6.07) is 3.24. The van der Waals surface area contributed by atoms with Crippen LogP contribution < -0.4 is 14.8 Å². The van der Waals surface area contributed by atoms with Gasteiger partial charge in [-0.25, -0.2) is 0 Å². The number of hydrogen-bond donors (Lipinski definition) is 1. The maximum absolute atomic E-state index is 12.2. The van der Waals surface area contributed by atoms with Crippen molar-refractivity contribution in [1.29, 1.82) is 0 Å². The van der Waals surface area contributed by atoms with Gasteiger partial charge in [0.15, 0.2) is 17.3 Å². The van der Waals surface area contributed by atoms with Gasteiger partial charge < -0.3 is 14.8 Å². The standard InChI is InChI=1S/C15H16BrN5O3/c1-7-12(8(2)22)13(21-15(17-7)18-19-20-21)9-5-10(16)14(24-4)11(6-9)23-3/h5-6,13H,1-4H3,(H,17,18,20). The summed E-state index contributed by atoms with van der Waals surface area (Å²) < 4.78 is 13.1. The van der Waals surface area contributed by atoms with Gasteiger partial charge in [-0.05, 0) is 57.9 Å². The predicted molar refractivity (Wildman–Crippen MR) is 90.2 cm³/mol. The van der Waals surface area contributed by atoms with Gasteiger partial charge in [0.25, 0.3) is 0 Å². The Balaban J connectivity index is 2.24. The third-order valence-corrected chi connectivity index (χ3v) is 4.45. The first-order valence-corrected chi connectivity index (χ1v) is 7.95. The Bertz CT molecular complexity index is 846. The van der Waals surface area contributed by atoms with Crippen LogP contribution in [0, 0.1) is 0 Å². The Kier molecular flexibility index (Phi) is 4.27. The lowest BCUT2D eigenvalue weighted by Crippen LogP contribution is -2.28. The van der Waals surface area contributed by atoms with Gasteiger partial charge in [0.1, 0.15) is 6.04 Å². The molecular weight excluding hydrogens is 378 g/mol. The summed E-state index contributed by atoms with van der Waals surface area (Å²) >= 11 is 3.49. The van der Waals surface area contributed by atoms with Crippen molar-refractivity contribution >= 4 is 27.7 Å². The number of aromatic nitrogens is 4. The van der Waals surface area contributed by atoms with Crippen molar-refractivity contribution in [3.63, 3.8) is 0 Å². The van der Waals surface area contributed by atoms with E-state index in [-0.39, 0.29) is 5.78 Å². The molecule has 1 atom stereocenters. The monoisotopic (exact) mass is 393 g/mol. The molecular formula is C15H16BrN5O3. The lowest BCUT2D eigenvalue weighted by Gasteiger charge is -2.28. The van der Waals surface area contributed by atoms with E-state index in [2.05, 4.69) is 36.8 Å². The van der Waals surface area contributed by atoms with Crippen LogP contribution in [0.1, 0.15) is 25.5 Å². The number of ketones is 1. The molecule has 1 aliphatic heterocycles. The number of hydrogen-bond acceptors (Lipinski definition) is 7. The molecule has 2 heterocycles. The van der Waals surface area contributed by atoms with E-state index in [1.165, 1.54) is 6.92 Å². The van der Waals surface area contributed by atoms with E-state index < -0.39 is 6.04 Å². The fraction of sp³-hybridized carbons (Fsp3) is 0.333. The molecule has 1 N–H and O–H groups in total. The number of nitrogens with zero attached hydrogens (tertiary/aromatic N) is 4. The minimum atomic E-state index is -0.454. The highest BCUT2D eigenvalue weighted by molar-refractivity contribution is 9.10. The number of rotatable bonds is 4. The van der Waals surface area contributed by atoms with Crippen molar-refractivity contribution in [3.8, 4) is 11.5 Å². The molecule has 0 radical (unpaired) electrons. The molecule has 1 aliphatic rings. The molecule has 1 unspecified atom stereocenters. The van der Waals surface area contributed by atoms with Crippen LogP contribution in [0.5, 0.6) is 11.5 Å². The summed E-state index contributed by atoms with van der Waals surface area (Å²) in [5, 5.41) is 14.7. The average Bonchev–Trinajstić information content (AvgIpc) is 3.00. The zero-order chi connectivity index (χ0) is 17.4. The van der Waals surface area contributed by atoms with E-state index in [1.54, 1.807) is 18.9 Å². The van der Waals surface area contributed by atoms with Gasteiger partial charge in [-0.3, -0.25) is 4.79 Å². The highest BCUT2D eigenvalue weighted by Gasteiger charge is 2.33. The Labute approximate surface area is 147 Å². The van der Waals surface area contributed by atoms with Crippen LogP contribution in [0.15, 0.2) is 27.9 Å². The number of ether oxygens (including phenoxy) is 2. The van der Waals surface area contributed by atoms with E-state index >= 15 is 0 Å². The molecule has 0 aliphatic carbocycles. The van der Waals surface area contributed by atoms with Crippen LogP contribution >= 0.6 is 15.9 Å². The number of halogens is 1. The minimum absolute atomic E-state index is 0.0583. The highest BCUT2D eigenvalue weighted by Crippen LogP contribution is 2.42. The number of carbonyl (C=O) groups is 1. The number of tetrazole rings is 1. The first-order valence-electron chi connectivity index (χ1n) is 7.16. The minimum Gasteiger partial charge on any atom is -0.493 e. The summed E-state index contributed by atoms with van der Waals surface area (Å²) in [6.45, 7) is 3.36. The van der Waals surface area contributed by atoms with E-state index in [0.29, 0.717) is 27.5 Å². The van der Waals surface area contributed by atoms with Crippen molar-refractivity contribution in [2.45, 2.75) is 19.9 Å². The molecule has 2 aromatic rings. The molecule has 0 saturated heterocycles. The van der Waals surface area contributed by atoms with Crippen molar-refractivity contribution in [2.24, 2.45) is 0 Å². The number of nitrogens with one attached hydrogen (secondary N) is 1. The van der Waals surface area contributed by atoms with Gasteiger partial charge in [-0.1, -0.05) is 5.10 Å². The number of carbonyl (C=O) groups excluding carboxylic acids is 1. The number of anilines is 1. The molecule has 8 nitrogen and oxygen atoms in total. The molecule has 1 aromatic heterocycles. The second kappa shape index (κ2) is 6.23. The second-order valence-corrected chi connectivity index (χ2v) is 6.16. The molecule has 9 heteroatoms. The van der Waals surface area contributed by atoms with Crippen LogP contribution in [0.3, 0.4) is 0 Å². The van der Waals surface area contributed by atoms with Crippen molar-refractivity contribution in [3.05, 3.63) is 33.4 Å². The maximum Gasteiger partial charge on any atom is 0.248 e. The summed E-state index contributed by atoms with van der Waals surface area (Å²) in [7, 11) is 3.13. The number of benzene rings is 1. The van der Waals surface area contributed by atoms with Gasteiger partial charge in [-0.15, -0.1) is 0 Å². The van der Waals surface area contributed by atoms with E-state index in [4.69, 9.17) is 9.47 Å². The zero-order valence-corrected chi connectivity index (χ0v) is 15.2. The first-order chi connectivity index (χ1) is 11.5. The fourth-order valence-corrected chi connectivity index (χ4v) is 3.49. The van der Waals surface area contributed by atoms with Gasteiger partial charge >= 0.3 is 0 Å². The third-order valence-electron chi connectivity index (χ3n) is 3.87. The van der Waals surface area contributed by atoms with Crippen molar-refractivity contribution < 1.29 is 14.3 Å². The van der Waals surface area contributed by atoms with Crippen LogP contribution in [0.25, 0.3) is 0 Å². The first kappa shape index (κ1) is 16.4. The molecule has 0 bridgehead atoms. The average molecular weight is 394 g/mol. The summed E-state index contributed by atoms with van der Waals surface area (Å²) in [5.74, 6) is 1.55. The van der Waals surface area contributed by atoms with Crippen LogP contribution in [-0.2, 0) is 4.79 Å². The topological polar surface area (TPSA) is 91.2 Å². The Morgan fingerprint density at radius 3 is 2.71 bits per heavy atom. The molecule has 1 aromatic carbocycles. The van der Waals surface area contributed by atoms with Crippen LogP contribution in [0.2, 0.25) is 0 Å². The molecule has 0 saturated carbocycles. The number of allylic oxidation sites excluding steroid dienone is 2. The van der Waals surface area contributed by atoms with Crippen LogP contribution in [-0.4, -0.2) is 40.2 Å². The Morgan fingerprint density at radius 2 is 2.08 bits per heavy atom. The highest BCUT2D eigenvalue weighted by atomic mass is 79.9. The normalized spacial score (nSPS) is 16.5. The lowest BCUT2D eigenvalue weighted by atomic mass is 9.93. The van der Waals surface area contributed by atoms with Crippen molar-refractivity contribution in [1.82, 2.24) is 20.2 Å². The van der Waals surface area contributed by atoms with Crippen LogP contribution in [0.4, 0.5) is 5.95 Å². The van der Waals surface area contributed by atoms with Crippen molar-refractivity contribution in [2.75, 3.05) is 19.5 Å². The zero-order valence-electron chi connectivity index (χ0n) is 13.6. The summed E-state index contributed by atoms with van der Waals surface area (Å²) in [6.07, 6.45) is 0. The summed E-state index contributed by atoms with van der Waals surface area (Å²) in [5.41, 5.74) is 2.12. The molecule has 0 fully saturated rings. The Morgan fingerprint density at radius 1 is 1.33 bits per heavy atom. The quantitative estimate of drug-likeness (QED) is 0.851. The molecule has 0 spiro atoms. The lowest BCUT2D eigenvalue weighted by molar-refractivity contribution is -0.114. The fourth-order valence-electron chi connectivity index (χ4n) is 2.87. The van der Waals surface area contributed by atoms with Gasteiger partial charge in [-0.2, -0.15) is 4.68 Å². The molecule has 0 amide bonds. The number of fused-ring (bicyclic) bond motifs is 1. The number of Topliss-reactive ketones (excluding diaryl/α,β-unsaturated/α-hetero) is 1. The maximum atomic E-state index is 12.2. The van der Waals surface area contributed by atoms with Gasteiger partial charge in [0.05, 0.1) is 18.7 Å². The Hall–Kier alpha value is -2.42. The second-order valence-electron chi connectivity index (χ2n) is 5.31. The molecule has 3 rings (SSSR count). The molecule has 126 valence electrons.